The summed E-state index contributed by atoms with van der Waals surface area (Å²) in [7, 11) is -20.0. The number of terminal acetylenes is 1. The topological polar surface area (TPSA) is 481 Å². The number of unbranched alkanes of at least 4 members (excludes halogenated alkanes) is 3. The second-order valence-electron chi connectivity index (χ2n) is 37.1. The zero-order valence-corrected chi connectivity index (χ0v) is 83.5. The Morgan fingerprint density at radius 2 is 1.33 bits per heavy atom. The van der Waals surface area contributed by atoms with E-state index in [2.05, 4.69) is 42.1 Å². The molecule has 41 heteroatoms. The quantitative estimate of drug-likeness (QED) is 0.00218. The van der Waals surface area contributed by atoms with Crippen LogP contribution in [-0.2, 0) is 99.8 Å². The van der Waals surface area contributed by atoms with Gasteiger partial charge in [-0.15, -0.1) is 6.42 Å². The summed E-state index contributed by atoms with van der Waals surface area (Å²) in [4.78, 5) is 70.8. The predicted octanol–water partition coefficient (Wildman–Crippen LogP) is 16.4. The summed E-state index contributed by atoms with van der Waals surface area (Å²) in [6.07, 6.45) is 18.8. The molecule has 8 aromatic carbocycles. The van der Waals surface area contributed by atoms with E-state index >= 15 is 17.2 Å². The van der Waals surface area contributed by atoms with Crippen LogP contribution in [0.25, 0.3) is 43.9 Å². The van der Waals surface area contributed by atoms with E-state index in [-0.39, 0.29) is 107 Å². The zero-order chi connectivity index (χ0) is 103. The van der Waals surface area contributed by atoms with E-state index in [4.69, 9.17) is 25.8 Å². The van der Waals surface area contributed by atoms with E-state index in [9.17, 15) is 75.9 Å². The summed E-state index contributed by atoms with van der Waals surface area (Å²) in [6, 6.07) is 41.9. The molecule has 1 aliphatic carbocycles. The fourth-order valence-electron chi connectivity index (χ4n) is 18.6. The van der Waals surface area contributed by atoms with Gasteiger partial charge in [0.15, 0.2) is 35.4 Å². The third-order valence-corrected chi connectivity index (χ3v) is 31.1. The number of hydrogen-bond donors (Lipinski definition) is 8. The number of fused-ring (bicyclic) bond motifs is 6. The summed E-state index contributed by atoms with van der Waals surface area (Å²) in [5.74, 6) is -3.18. The van der Waals surface area contributed by atoms with Crippen molar-refractivity contribution in [2.45, 2.75) is 180 Å². The molecule has 6 aliphatic heterocycles. The average Bonchev–Trinajstić information content (AvgIpc) is 1.30. The summed E-state index contributed by atoms with van der Waals surface area (Å²) in [5, 5.41) is 15.3. The van der Waals surface area contributed by atoms with Crippen LogP contribution in [0.1, 0.15) is 152 Å². The number of anilines is 3. The summed E-state index contributed by atoms with van der Waals surface area (Å²) in [6.45, 7) is 13.8. The number of carbonyl (C=O) groups is 5. The smallest absolute Gasteiger partial charge is 0.407 e. The lowest BCUT2D eigenvalue weighted by atomic mass is 9.81. The van der Waals surface area contributed by atoms with Gasteiger partial charge >= 0.3 is 6.09 Å². The predicted molar refractivity (Wildman–Crippen MR) is 540 cm³/mol. The number of nitrogens with one attached hydrogen (secondary N) is 4. The van der Waals surface area contributed by atoms with Gasteiger partial charge in [-0.2, -0.15) is 47.1 Å². The second-order valence-corrected chi connectivity index (χ2v) is 44.7. The molecule has 0 saturated carbocycles. The minimum absolute atomic E-state index is 0. The first-order valence-corrected chi connectivity index (χ1v) is 53.2. The van der Waals surface area contributed by atoms with E-state index in [0.717, 1.165) is 58.9 Å². The summed E-state index contributed by atoms with van der Waals surface area (Å²) in [5.41, 5.74) is 17.7. The molecule has 1 fully saturated rings. The van der Waals surface area contributed by atoms with Crippen LogP contribution >= 0.6 is 0 Å². The maximum atomic E-state index is 15.7. The monoisotopic (exact) mass is 2070 g/mol. The number of Topliss-reactive ketones (excluding diaryl/α,β-unsaturated/α-hetero) is 1. The number of alkyl carbamates (subject to hydrolysis) is 1. The molecule has 1 saturated heterocycles. The Bertz CT molecular complexity index is 7640. The van der Waals surface area contributed by atoms with Gasteiger partial charge in [-0.25, -0.2) is 22.0 Å². The van der Waals surface area contributed by atoms with Gasteiger partial charge < -0.3 is 45.0 Å². The molecule has 0 spiro atoms. The van der Waals surface area contributed by atoms with Crippen LogP contribution in [-0.4, -0.2) is 176 Å². The average molecular weight is 2070 g/mol. The molecule has 0 radical (unpaired) electrons. The highest BCUT2D eigenvalue weighted by molar-refractivity contribution is 7.89. The number of allylic oxidation sites excluding steroid dienone is 6. The highest BCUT2D eigenvalue weighted by Gasteiger charge is 2.45. The molecular weight excluding hydrogens is 1960 g/mol. The van der Waals surface area contributed by atoms with Crippen molar-refractivity contribution in [1.29, 1.82) is 0 Å². The molecular formula is C103H112F2N12O22S5+2. The van der Waals surface area contributed by atoms with Crippen molar-refractivity contribution >= 4 is 131 Å². The molecule has 0 aromatic heterocycles. The zero-order valence-electron chi connectivity index (χ0n) is 79.4. The molecule has 144 heavy (non-hydrogen) atoms. The van der Waals surface area contributed by atoms with Crippen LogP contribution in [0.15, 0.2) is 240 Å². The number of ketones is 1. The Labute approximate surface area is 834 Å². The van der Waals surface area contributed by atoms with Gasteiger partial charge in [0.25, 0.3) is 46.4 Å². The molecule has 0 bridgehead atoms. The molecule has 15 rings (SSSR count). The Hall–Kier alpha value is -13.6. The van der Waals surface area contributed by atoms with Gasteiger partial charge in [0.2, 0.25) is 38.6 Å². The van der Waals surface area contributed by atoms with E-state index in [1.54, 1.807) is 63.2 Å². The molecule has 8 N–H and O–H groups in total. The first kappa shape index (κ1) is 108. The number of ether oxygens (including phenoxy) is 2. The first-order chi connectivity index (χ1) is 67.5. The summed E-state index contributed by atoms with van der Waals surface area (Å²) >= 11 is 0. The highest BCUT2D eigenvalue weighted by atomic mass is 32.2. The van der Waals surface area contributed by atoms with Gasteiger partial charge in [-0.1, -0.05) is 87.3 Å². The van der Waals surface area contributed by atoms with Crippen LogP contribution in [0.5, 0.6) is 5.75 Å². The van der Waals surface area contributed by atoms with E-state index in [1.807, 2.05) is 116 Å². The van der Waals surface area contributed by atoms with Crippen LogP contribution in [0.2, 0.25) is 0 Å². The molecule has 758 valence electrons. The van der Waals surface area contributed by atoms with Crippen molar-refractivity contribution in [2.24, 2.45) is 11.0 Å². The number of piperidine rings is 1. The molecule has 4 amide bonds. The number of carbonyl (C=O) groups excluding carboxylic acids is 5. The molecule has 0 unspecified atom stereocenters. The van der Waals surface area contributed by atoms with Crippen LogP contribution in [0.4, 0.5) is 47.7 Å². The molecule has 1 atom stereocenters. The fraction of sp³-hybridized carbons (Fsp3) is 0.330. The van der Waals surface area contributed by atoms with E-state index in [0.29, 0.717) is 125 Å². The van der Waals surface area contributed by atoms with Gasteiger partial charge in [0.05, 0.1) is 48.5 Å². The fourth-order valence-corrected chi connectivity index (χ4v) is 22.3. The molecule has 6 heterocycles. The molecule has 8 aromatic rings. The Kier molecular flexibility index (Phi) is 32.8. The molecule has 7 aliphatic rings. The van der Waals surface area contributed by atoms with Gasteiger partial charge in [-0.05, 0) is 223 Å². The SMILES string of the molecule is C.C#CCNC(=O)CCCCCN1\C(=C/C=C/C=C/C2=[N+](C)c3ccc(S(=O)(=O)O)cc3C2(C)C)C(C)(C)c2cc(S(=O)(=O)O)ccc21.CC(C)(C)OC(=O)NCCCC[C@H](NC(=O)c1cccc(N=[N+]=[N-])c1)C(=O)COc1c(F)cc(CNC(=O)C2CCN(S(=O)(=O)c3ccccc3-c3c4ccc(=[N+]5CCc6cc(S(=O)(=O)O)ccc65)cc-4oc4cc(N5CCc6cc(S(=O)(=O)O)ccc65)ccc34)CC2)cc1F. The lowest BCUT2D eigenvalue weighted by Gasteiger charge is -2.31. The number of nitrogens with zero attached hydrogens (tertiary/aromatic N) is 8. The van der Waals surface area contributed by atoms with E-state index in [1.165, 1.54) is 83.2 Å². The minimum atomic E-state index is -4.46. The lowest BCUT2D eigenvalue weighted by molar-refractivity contribution is -0.401. The highest BCUT2D eigenvalue weighted by Crippen LogP contribution is 2.51. The number of amides is 4. The maximum Gasteiger partial charge on any atom is 0.407 e. The Morgan fingerprint density at radius 3 is 2.00 bits per heavy atom. The second kappa shape index (κ2) is 43.9. The molecule has 34 nitrogen and oxygen atoms in total. The van der Waals surface area contributed by atoms with Crippen molar-refractivity contribution in [1.82, 2.24) is 30.1 Å². The summed E-state index contributed by atoms with van der Waals surface area (Å²) < 4.78 is 219. The number of halogens is 2. The number of sulfonamides is 1. The largest absolute Gasteiger partial charge is 0.480 e. The lowest BCUT2D eigenvalue weighted by Crippen LogP contribution is -2.43. The minimum Gasteiger partial charge on any atom is -0.480 e. The van der Waals surface area contributed by atoms with E-state index < -0.39 is 127 Å². The number of benzene rings is 9. The van der Waals surface area contributed by atoms with Gasteiger partial charge in [0.1, 0.15) is 30.6 Å². The van der Waals surface area contributed by atoms with Gasteiger partial charge in [-0.3, -0.25) is 37.4 Å². The van der Waals surface area contributed by atoms with Crippen molar-refractivity contribution in [2.75, 3.05) is 69.3 Å². The standard InChI is InChI=1S/C67H65F2N9O15S3.C35H41N3O7S2.CH4/c1-67(2,3)93-66(82)71-26-7-6-12-55(73-65(81)44-9-8-10-45(33-44)74-75-70)58(79)39-91-63-53(68)31-40(32-54(63)69)38-72-64(80)41-22-27-76(28-23-41)94(83,84)61-13-5-4-11-52(61)62-50-18-14-46(77-29-24-42-34-48(95(85,86)87)16-20-56(42)77)36-59(50)92-60-37-47(15-19-51(60)62)78-30-25-43-35-49(96(88,89)90)17-21-57(43)78;1-7-21-36-33(39)16-12-9-13-22-38-30-20-18-26(47(43,44)45)24-28(30)35(4,5)32(38)15-11-8-10-14-31-34(2,3)27-23-25(46(40,41)42)17-19-29(27)37(31)6;/h4-5,8-11,13-21,31-37,41,55H,6-7,12,22-30,38-39H2,1-3H3,(H4-,71,72,73,80,81,82,85,86,87,88,89,90);1,8,10-11,14-15,17-20,23-24H,9,12-13,16,21-22H2,2-6H3,(H2-,36,39,40,41,42,43,44,45);1H4/p+2/t55-;;/m0../s1. The van der Waals surface area contributed by atoms with Crippen LogP contribution in [0.3, 0.4) is 0 Å². The van der Waals surface area contributed by atoms with Crippen LogP contribution in [0, 0.1) is 29.9 Å². The van der Waals surface area contributed by atoms with Crippen molar-refractivity contribution in [3.8, 4) is 40.5 Å². The third kappa shape index (κ3) is 24.5. The van der Waals surface area contributed by atoms with Crippen molar-refractivity contribution in [3.63, 3.8) is 0 Å². The first-order valence-electron chi connectivity index (χ1n) is 46.0. The number of hydrogen-bond acceptors (Lipinski definition) is 21. The van der Waals surface area contributed by atoms with Crippen molar-refractivity contribution < 1.29 is 112 Å². The maximum absolute atomic E-state index is 15.7. The Morgan fingerprint density at radius 1 is 0.674 bits per heavy atom. The number of azide groups is 1. The van der Waals surface area contributed by atoms with Crippen LogP contribution < -0.4 is 45.7 Å². The Balaban J connectivity index is 0.000000304. The van der Waals surface area contributed by atoms with Gasteiger partial charge in [0, 0.05) is 166 Å². The third-order valence-electron chi connectivity index (χ3n) is 25.7. The van der Waals surface area contributed by atoms with Crippen molar-refractivity contribution in [3.05, 3.63) is 267 Å². The number of rotatable bonds is 33. The normalized spacial score (nSPS) is 16.0.